The van der Waals surface area contributed by atoms with E-state index in [1.54, 1.807) is 0 Å². The lowest BCUT2D eigenvalue weighted by Gasteiger charge is -2.08. The first-order valence-electron chi connectivity index (χ1n) is 6.72. The topological polar surface area (TPSA) is 51.8 Å². The van der Waals surface area contributed by atoms with Crippen molar-refractivity contribution in [3.8, 4) is 11.3 Å². The largest absolute Gasteiger partial charge is 0.328 e. The quantitative estimate of drug-likeness (QED) is 0.913. The maximum absolute atomic E-state index is 5.79. The fraction of sp³-hybridized carbons (Fsp3) is 0.375. The van der Waals surface area contributed by atoms with Gasteiger partial charge in [-0.2, -0.15) is 0 Å². The highest BCUT2D eigenvalue weighted by molar-refractivity contribution is 5.60. The Morgan fingerprint density at radius 2 is 1.95 bits per heavy atom. The summed E-state index contributed by atoms with van der Waals surface area (Å²) in [6.45, 7) is 6.11. The molecule has 1 aromatic heterocycles. The van der Waals surface area contributed by atoms with Crippen LogP contribution in [0.5, 0.6) is 0 Å². The fourth-order valence-corrected chi connectivity index (χ4v) is 2.05. The highest BCUT2D eigenvalue weighted by atomic mass is 14.9. The molecule has 2 rings (SSSR count). The van der Waals surface area contributed by atoms with Crippen LogP contribution in [0.1, 0.15) is 30.4 Å². The van der Waals surface area contributed by atoms with Crippen LogP contribution in [0.15, 0.2) is 30.3 Å². The summed E-state index contributed by atoms with van der Waals surface area (Å²) >= 11 is 0. The van der Waals surface area contributed by atoms with Crippen molar-refractivity contribution in [2.24, 2.45) is 5.73 Å². The molecule has 1 atom stereocenters. The van der Waals surface area contributed by atoms with Crippen molar-refractivity contribution in [2.45, 2.75) is 39.7 Å². The molecule has 1 aromatic carbocycles. The van der Waals surface area contributed by atoms with Crippen molar-refractivity contribution in [1.29, 1.82) is 0 Å². The monoisotopic (exact) mass is 255 g/mol. The molecule has 0 bridgehead atoms. The molecule has 3 nitrogen and oxygen atoms in total. The lowest BCUT2D eigenvalue weighted by Crippen LogP contribution is -2.16. The maximum Gasteiger partial charge on any atom is 0.129 e. The molecule has 0 aliphatic rings. The Kier molecular flexibility index (Phi) is 4.27. The van der Waals surface area contributed by atoms with Gasteiger partial charge in [-0.25, -0.2) is 9.97 Å². The first-order valence-corrected chi connectivity index (χ1v) is 6.72. The van der Waals surface area contributed by atoms with Gasteiger partial charge in [0.1, 0.15) is 5.82 Å². The Labute approximate surface area is 114 Å². The van der Waals surface area contributed by atoms with Crippen LogP contribution in [-0.4, -0.2) is 16.0 Å². The summed E-state index contributed by atoms with van der Waals surface area (Å²) in [7, 11) is 0. The second-order valence-corrected chi connectivity index (χ2v) is 5.20. The smallest absolute Gasteiger partial charge is 0.129 e. The number of aromatic nitrogens is 2. The minimum atomic E-state index is 0.187. The Morgan fingerprint density at radius 3 is 2.63 bits per heavy atom. The molecule has 0 spiro atoms. The average Bonchev–Trinajstić information content (AvgIpc) is 2.36. The van der Waals surface area contributed by atoms with E-state index in [0.717, 1.165) is 35.6 Å². The summed E-state index contributed by atoms with van der Waals surface area (Å²) in [6, 6.07) is 10.6. The van der Waals surface area contributed by atoms with Gasteiger partial charge >= 0.3 is 0 Å². The summed E-state index contributed by atoms with van der Waals surface area (Å²) < 4.78 is 0. The van der Waals surface area contributed by atoms with Crippen LogP contribution in [-0.2, 0) is 6.42 Å². The Bertz CT molecular complexity index is 562. The first-order chi connectivity index (χ1) is 9.04. The van der Waals surface area contributed by atoms with Gasteiger partial charge in [-0.15, -0.1) is 0 Å². The molecule has 0 saturated carbocycles. The normalized spacial score (nSPS) is 12.4. The standard InChI is InChI=1S/C16H21N3/c1-11-5-4-6-14(9-11)15-10-13(3)18-16(19-15)8-7-12(2)17/h4-6,9-10,12H,7-8,17H2,1-3H3. The fourth-order valence-electron chi connectivity index (χ4n) is 2.05. The van der Waals surface area contributed by atoms with E-state index in [0.29, 0.717) is 0 Å². The Morgan fingerprint density at radius 1 is 1.16 bits per heavy atom. The minimum Gasteiger partial charge on any atom is -0.328 e. The zero-order chi connectivity index (χ0) is 13.8. The zero-order valence-electron chi connectivity index (χ0n) is 11.9. The molecule has 0 radical (unpaired) electrons. The molecule has 19 heavy (non-hydrogen) atoms. The predicted octanol–water partition coefficient (Wildman–Crippen LogP) is 3.04. The highest BCUT2D eigenvalue weighted by Gasteiger charge is 2.06. The molecule has 1 heterocycles. The zero-order valence-corrected chi connectivity index (χ0v) is 11.9. The van der Waals surface area contributed by atoms with Crippen molar-refractivity contribution in [2.75, 3.05) is 0 Å². The number of nitrogens with two attached hydrogens (primary N) is 1. The number of aryl methyl sites for hydroxylation is 3. The van der Waals surface area contributed by atoms with Crippen LogP contribution in [0.2, 0.25) is 0 Å². The van der Waals surface area contributed by atoms with E-state index in [1.165, 1.54) is 5.56 Å². The second kappa shape index (κ2) is 5.93. The van der Waals surface area contributed by atoms with Gasteiger partial charge in [-0.3, -0.25) is 0 Å². The van der Waals surface area contributed by atoms with Gasteiger partial charge in [0.05, 0.1) is 5.69 Å². The van der Waals surface area contributed by atoms with Gasteiger partial charge in [-0.1, -0.05) is 23.8 Å². The molecule has 0 saturated heterocycles. The predicted molar refractivity (Wildman–Crippen MR) is 78.9 cm³/mol. The minimum absolute atomic E-state index is 0.187. The highest BCUT2D eigenvalue weighted by Crippen LogP contribution is 2.19. The molecule has 2 N–H and O–H groups in total. The van der Waals surface area contributed by atoms with E-state index in [-0.39, 0.29) is 6.04 Å². The number of rotatable bonds is 4. The van der Waals surface area contributed by atoms with Gasteiger partial charge < -0.3 is 5.73 Å². The van der Waals surface area contributed by atoms with Crippen LogP contribution in [0, 0.1) is 13.8 Å². The summed E-state index contributed by atoms with van der Waals surface area (Å²) in [6.07, 6.45) is 1.74. The van der Waals surface area contributed by atoms with E-state index < -0.39 is 0 Å². The third kappa shape index (κ3) is 3.86. The van der Waals surface area contributed by atoms with Gasteiger partial charge in [0, 0.05) is 23.7 Å². The molecular formula is C16H21N3. The maximum atomic E-state index is 5.79. The SMILES string of the molecule is Cc1cccc(-c2cc(C)nc(CCC(C)N)n2)c1. The lowest BCUT2D eigenvalue weighted by molar-refractivity contribution is 0.647. The Hall–Kier alpha value is -1.74. The molecule has 3 heteroatoms. The van der Waals surface area contributed by atoms with Gasteiger partial charge in [0.2, 0.25) is 0 Å². The van der Waals surface area contributed by atoms with E-state index in [4.69, 9.17) is 5.73 Å². The lowest BCUT2D eigenvalue weighted by atomic mass is 10.1. The molecule has 0 fully saturated rings. The van der Waals surface area contributed by atoms with Crippen LogP contribution in [0.3, 0.4) is 0 Å². The molecule has 0 aliphatic carbocycles. The third-order valence-electron chi connectivity index (χ3n) is 3.04. The Balaban J connectivity index is 2.31. The van der Waals surface area contributed by atoms with Crippen molar-refractivity contribution in [3.05, 3.63) is 47.4 Å². The molecule has 100 valence electrons. The van der Waals surface area contributed by atoms with Crippen molar-refractivity contribution in [1.82, 2.24) is 9.97 Å². The number of benzene rings is 1. The van der Waals surface area contributed by atoms with Crippen LogP contribution < -0.4 is 5.73 Å². The molecule has 0 amide bonds. The summed E-state index contributed by atoms with van der Waals surface area (Å²) in [4.78, 5) is 9.14. The van der Waals surface area contributed by atoms with E-state index in [2.05, 4.69) is 41.2 Å². The molecular weight excluding hydrogens is 234 g/mol. The van der Waals surface area contributed by atoms with Crippen LogP contribution in [0.4, 0.5) is 0 Å². The molecule has 1 unspecified atom stereocenters. The van der Waals surface area contributed by atoms with Crippen LogP contribution in [0.25, 0.3) is 11.3 Å². The number of hydrogen-bond donors (Lipinski definition) is 1. The number of hydrogen-bond acceptors (Lipinski definition) is 3. The summed E-state index contributed by atoms with van der Waals surface area (Å²) in [5, 5.41) is 0. The van der Waals surface area contributed by atoms with Crippen molar-refractivity contribution >= 4 is 0 Å². The van der Waals surface area contributed by atoms with E-state index in [9.17, 15) is 0 Å². The summed E-state index contributed by atoms with van der Waals surface area (Å²) in [5.74, 6) is 0.883. The van der Waals surface area contributed by atoms with Gasteiger partial charge in [-0.05, 0) is 39.3 Å². The van der Waals surface area contributed by atoms with Crippen LogP contribution >= 0.6 is 0 Å². The van der Waals surface area contributed by atoms with Crippen molar-refractivity contribution < 1.29 is 0 Å². The first kappa shape index (κ1) is 13.7. The molecule has 0 aliphatic heterocycles. The second-order valence-electron chi connectivity index (χ2n) is 5.20. The summed E-state index contributed by atoms with van der Waals surface area (Å²) in [5.41, 5.74) is 10.2. The number of nitrogens with zero attached hydrogens (tertiary/aromatic N) is 2. The van der Waals surface area contributed by atoms with E-state index >= 15 is 0 Å². The van der Waals surface area contributed by atoms with Crippen molar-refractivity contribution in [3.63, 3.8) is 0 Å². The third-order valence-corrected chi connectivity index (χ3v) is 3.04. The van der Waals surface area contributed by atoms with Gasteiger partial charge in [0.25, 0.3) is 0 Å². The average molecular weight is 255 g/mol. The van der Waals surface area contributed by atoms with E-state index in [1.807, 2.05) is 19.9 Å². The van der Waals surface area contributed by atoms with Gasteiger partial charge in [0.15, 0.2) is 0 Å². The molecule has 2 aromatic rings.